The van der Waals surface area contributed by atoms with E-state index in [4.69, 9.17) is 10.5 Å². The summed E-state index contributed by atoms with van der Waals surface area (Å²) >= 11 is 0. The Bertz CT molecular complexity index is 645. The highest BCUT2D eigenvalue weighted by molar-refractivity contribution is 6.02. The van der Waals surface area contributed by atoms with Gasteiger partial charge in [-0.15, -0.1) is 0 Å². The van der Waals surface area contributed by atoms with Crippen molar-refractivity contribution in [3.63, 3.8) is 0 Å². The number of rotatable bonds is 6. The van der Waals surface area contributed by atoms with Crippen molar-refractivity contribution in [2.75, 3.05) is 18.5 Å². The van der Waals surface area contributed by atoms with E-state index in [9.17, 15) is 4.79 Å². The minimum absolute atomic E-state index is 0.197. The lowest BCUT2D eigenvalue weighted by atomic mass is 10.3. The maximum Gasteiger partial charge on any atom is 0.276 e. The van der Waals surface area contributed by atoms with Gasteiger partial charge in [0.25, 0.3) is 5.91 Å². The van der Waals surface area contributed by atoms with Crippen LogP contribution in [0.2, 0.25) is 0 Å². The number of amides is 1. The first-order valence-corrected chi connectivity index (χ1v) is 8.06. The Morgan fingerprint density at radius 2 is 2.00 bits per heavy atom. The molecule has 1 aliphatic rings. The molecule has 0 bridgehead atoms. The number of ether oxygens (including phenoxy) is 1. The third-order valence-corrected chi connectivity index (χ3v) is 4.04. The molecule has 1 saturated carbocycles. The van der Waals surface area contributed by atoms with E-state index in [2.05, 4.69) is 10.4 Å². The van der Waals surface area contributed by atoms with E-state index in [1.54, 1.807) is 18.2 Å². The fourth-order valence-corrected chi connectivity index (χ4v) is 2.84. The SMILES string of the molecule is NCCOc1ccc(NC(=O)c2ccn(C3CCCC3)n2)cc1. The zero-order valence-corrected chi connectivity index (χ0v) is 13.1. The Hall–Kier alpha value is -2.34. The number of nitrogens with one attached hydrogen (secondary N) is 1. The van der Waals surface area contributed by atoms with Crippen LogP contribution in [0.25, 0.3) is 0 Å². The van der Waals surface area contributed by atoms with Crippen LogP contribution in [0, 0.1) is 0 Å². The van der Waals surface area contributed by atoms with Crippen LogP contribution in [0.5, 0.6) is 5.75 Å². The molecule has 0 spiro atoms. The molecule has 6 heteroatoms. The summed E-state index contributed by atoms with van der Waals surface area (Å²) in [5.74, 6) is 0.538. The topological polar surface area (TPSA) is 82.2 Å². The Kier molecular flexibility index (Phi) is 4.92. The predicted octanol–water partition coefficient (Wildman–Crippen LogP) is 2.59. The monoisotopic (exact) mass is 314 g/mol. The minimum Gasteiger partial charge on any atom is -0.492 e. The van der Waals surface area contributed by atoms with E-state index in [0.717, 1.165) is 18.6 Å². The first-order valence-electron chi connectivity index (χ1n) is 8.06. The third kappa shape index (κ3) is 3.90. The van der Waals surface area contributed by atoms with Crippen molar-refractivity contribution in [1.82, 2.24) is 9.78 Å². The molecule has 2 aromatic rings. The number of benzene rings is 1. The van der Waals surface area contributed by atoms with Gasteiger partial charge in [0.1, 0.15) is 12.4 Å². The molecule has 1 heterocycles. The highest BCUT2D eigenvalue weighted by atomic mass is 16.5. The molecule has 3 rings (SSSR count). The third-order valence-electron chi connectivity index (χ3n) is 4.04. The number of nitrogens with zero attached hydrogens (tertiary/aromatic N) is 2. The zero-order chi connectivity index (χ0) is 16.1. The summed E-state index contributed by atoms with van der Waals surface area (Å²) in [7, 11) is 0. The normalized spacial score (nSPS) is 14.8. The molecule has 1 amide bonds. The first-order chi connectivity index (χ1) is 11.3. The second-order valence-electron chi connectivity index (χ2n) is 5.73. The molecule has 0 saturated heterocycles. The number of hydrogen-bond acceptors (Lipinski definition) is 4. The molecule has 0 unspecified atom stereocenters. The molecule has 3 N–H and O–H groups in total. The standard InChI is InChI=1S/C17H22N4O2/c18-10-12-23-15-7-5-13(6-8-15)19-17(22)16-9-11-21(20-16)14-3-1-2-4-14/h5-9,11,14H,1-4,10,12,18H2,(H,19,22). The number of hydrogen-bond donors (Lipinski definition) is 2. The van der Waals surface area contributed by atoms with Crippen LogP contribution in [0.15, 0.2) is 36.5 Å². The Morgan fingerprint density at radius 1 is 1.26 bits per heavy atom. The van der Waals surface area contributed by atoms with E-state index >= 15 is 0 Å². The summed E-state index contributed by atoms with van der Waals surface area (Å²) in [5, 5.41) is 7.26. The van der Waals surface area contributed by atoms with E-state index in [-0.39, 0.29) is 5.91 Å². The average Bonchev–Trinajstić information content (AvgIpc) is 3.25. The number of carbonyl (C=O) groups excluding carboxylic acids is 1. The highest BCUT2D eigenvalue weighted by Crippen LogP contribution is 2.28. The van der Waals surface area contributed by atoms with Gasteiger partial charge in [0.05, 0.1) is 6.04 Å². The fourth-order valence-electron chi connectivity index (χ4n) is 2.84. The molecule has 23 heavy (non-hydrogen) atoms. The molecule has 1 aromatic carbocycles. The number of nitrogens with two attached hydrogens (primary N) is 1. The van der Waals surface area contributed by atoms with Crippen LogP contribution in [0.4, 0.5) is 5.69 Å². The molecule has 0 atom stereocenters. The van der Waals surface area contributed by atoms with Crippen LogP contribution in [-0.4, -0.2) is 28.8 Å². The van der Waals surface area contributed by atoms with Crippen molar-refractivity contribution in [2.24, 2.45) is 5.73 Å². The molecule has 6 nitrogen and oxygen atoms in total. The number of anilines is 1. The van der Waals surface area contributed by atoms with Gasteiger partial charge in [-0.1, -0.05) is 12.8 Å². The van der Waals surface area contributed by atoms with E-state index in [0.29, 0.717) is 30.6 Å². The summed E-state index contributed by atoms with van der Waals surface area (Å²) in [5.41, 5.74) is 6.55. The second kappa shape index (κ2) is 7.28. The highest BCUT2D eigenvalue weighted by Gasteiger charge is 2.19. The quantitative estimate of drug-likeness (QED) is 0.858. The lowest BCUT2D eigenvalue weighted by Gasteiger charge is -2.09. The zero-order valence-electron chi connectivity index (χ0n) is 13.1. The fraction of sp³-hybridized carbons (Fsp3) is 0.412. The van der Waals surface area contributed by atoms with Crippen LogP contribution in [0.1, 0.15) is 42.2 Å². The van der Waals surface area contributed by atoms with Crippen molar-refractivity contribution in [1.29, 1.82) is 0 Å². The molecule has 1 aliphatic carbocycles. The molecule has 0 aliphatic heterocycles. The molecule has 122 valence electrons. The predicted molar refractivity (Wildman–Crippen MR) is 88.7 cm³/mol. The molecule has 1 aromatic heterocycles. The smallest absolute Gasteiger partial charge is 0.276 e. The van der Waals surface area contributed by atoms with Crippen molar-refractivity contribution >= 4 is 11.6 Å². The lowest BCUT2D eigenvalue weighted by molar-refractivity contribution is 0.102. The summed E-state index contributed by atoms with van der Waals surface area (Å²) in [6.07, 6.45) is 6.67. The van der Waals surface area contributed by atoms with Gasteiger partial charge in [0, 0.05) is 18.4 Å². The van der Waals surface area contributed by atoms with Gasteiger partial charge >= 0.3 is 0 Å². The van der Waals surface area contributed by atoms with Crippen molar-refractivity contribution < 1.29 is 9.53 Å². The summed E-state index contributed by atoms with van der Waals surface area (Å²) in [6.45, 7) is 0.951. The second-order valence-corrected chi connectivity index (χ2v) is 5.73. The first kappa shape index (κ1) is 15.6. The van der Waals surface area contributed by atoms with Crippen molar-refractivity contribution in [3.8, 4) is 5.75 Å². The van der Waals surface area contributed by atoms with Gasteiger partial charge in [-0.3, -0.25) is 9.48 Å². The summed E-state index contributed by atoms with van der Waals surface area (Å²) in [6, 6.07) is 9.43. The van der Waals surface area contributed by atoms with Crippen LogP contribution in [-0.2, 0) is 0 Å². The van der Waals surface area contributed by atoms with Gasteiger partial charge < -0.3 is 15.8 Å². The maximum atomic E-state index is 12.3. The lowest BCUT2D eigenvalue weighted by Crippen LogP contribution is -2.14. The number of aromatic nitrogens is 2. The minimum atomic E-state index is -0.197. The number of carbonyl (C=O) groups is 1. The summed E-state index contributed by atoms with van der Waals surface area (Å²) < 4.78 is 7.33. The van der Waals surface area contributed by atoms with E-state index < -0.39 is 0 Å². The van der Waals surface area contributed by atoms with Crippen LogP contribution >= 0.6 is 0 Å². The summed E-state index contributed by atoms with van der Waals surface area (Å²) in [4.78, 5) is 12.3. The van der Waals surface area contributed by atoms with Gasteiger partial charge in [-0.05, 0) is 43.2 Å². The van der Waals surface area contributed by atoms with Crippen molar-refractivity contribution in [3.05, 3.63) is 42.2 Å². The largest absolute Gasteiger partial charge is 0.492 e. The van der Waals surface area contributed by atoms with E-state index in [1.807, 2.05) is 23.0 Å². The Labute approximate surface area is 135 Å². The average molecular weight is 314 g/mol. The molecular formula is C17H22N4O2. The van der Waals surface area contributed by atoms with Gasteiger partial charge in [-0.2, -0.15) is 5.10 Å². The van der Waals surface area contributed by atoms with Gasteiger partial charge in [-0.25, -0.2) is 0 Å². The van der Waals surface area contributed by atoms with Crippen LogP contribution < -0.4 is 15.8 Å². The molecule has 0 radical (unpaired) electrons. The van der Waals surface area contributed by atoms with Gasteiger partial charge in [0.15, 0.2) is 5.69 Å². The Morgan fingerprint density at radius 3 is 2.70 bits per heavy atom. The maximum absolute atomic E-state index is 12.3. The van der Waals surface area contributed by atoms with Gasteiger partial charge in [0.2, 0.25) is 0 Å². The Balaban J connectivity index is 1.60. The molecular weight excluding hydrogens is 292 g/mol. The van der Waals surface area contributed by atoms with Crippen LogP contribution in [0.3, 0.4) is 0 Å². The van der Waals surface area contributed by atoms with Crippen molar-refractivity contribution in [2.45, 2.75) is 31.7 Å². The molecule has 1 fully saturated rings. The van der Waals surface area contributed by atoms with E-state index in [1.165, 1.54) is 12.8 Å².